The quantitative estimate of drug-likeness (QED) is 0.718. The van der Waals surface area contributed by atoms with Crippen LogP contribution in [0.5, 0.6) is 0 Å². The summed E-state index contributed by atoms with van der Waals surface area (Å²) in [5.74, 6) is 0.971. The number of pyridine rings is 1. The molecule has 3 heterocycles. The van der Waals surface area contributed by atoms with Crippen LogP contribution in [0.2, 0.25) is 0 Å². The molecule has 6 heteroatoms. The number of rotatable bonds is 4. The predicted molar refractivity (Wildman–Crippen MR) is 96.4 cm³/mol. The number of alkyl halides is 2. The minimum Gasteiger partial charge on any atom is -0.336 e. The maximum Gasteiger partial charge on any atom is 0.264 e. The summed E-state index contributed by atoms with van der Waals surface area (Å²) >= 11 is 0. The minimum absolute atomic E-state index is 0.000160. The van der Waals surface area contributed by atoms with Gasteiger partial charge in [-0.25, -0.2) is 13.8 Å². The highest BCUT2D eigenvalue weighted by molar-refractivity contribution is 5.80. The highest BCUT2D eigenvalue weighted by Crippen LogP contribution is 2.35. The standard InChI is InChI=1S/C20H25F2N3O/c1-13-18-16(19(21)22)11-17(23-20(18)26-24-13)15-7-9-25(10-8-15)12-14-5-3-2-4-6-14/h2-3,11,14-15,19H,4-10,12H2,1H3. The SMILES string of the molecule is Cc1noc2nc(C3CCN(CC4CC=CCC4)CC3)cc(C(F)F)c12. The van der Waals surface area contributed by atoms with Crippen molar-refractivity contribution in [3.8, 4) is 0 Å². The van der Waals surface area contributed by atoms with Crippen molar-refractivity contribution in [3.63, 3.8) is 0 Å². The van der Waals surface area contributed by atoms with Crippen LogP contribution in [-0.4, -0.2) is 34.7 Å². The van der Waals surface area contributed by atoms with E-state index in [1.165, 1.54) is 19.3 Å². The average Bonchev–Trinajstić information content (AvgIpc) is 3.03. The van der Waals surface area contributed by atoms with Crippen LogP contribution in [-0.2, 0) is 0 Å². The lowest BCUT2D eigenvalue weighted by atomic mass is 9.89. The summed E-state index contributed by atoms with van der Waals surface area (Å²) < 4.78 is 32.2. The molecule has 2 aromatic rings. The van der Waals surface area contributed by atoms with Crippen LogP contribution < -0.4 is 0 Å². The van der Waals surface area contributed by atoms with Crippen molar-refractivity contribution in [1.82, 2.24) is 15.0 Å². The second-order valence-corrected chi connectivity index (χ2v) is 7.61. The number of nitrogens with zero attached hydrogens (tertiary/aromatic N) is 3. The smallest absolute Gasteiger partial charge is 0.264 e. The van der Waals surface area contributed by atoms with Gasteiger partial charge in [-0.05, 0) is 64.1 Å². The third-order valence-corrected chi connectivity index (χ3v) is 5.80. The first kappa shape index (κ1) is 17.6. The van der Waals surface area contributed by atoms with E-state index >= 15 is 0 Å². The number of likely N-dealkylation sites (tertiary alicyclic amines) is 1. The summed E-state index contributed by atoms with van der Waals surface area (Å²) in [5, 5.41) is 4.18. The molecule has 4 rings (SSSR count). The molecule has 4 nitrogen and oxygen atoms in total. The number of allylic oxidation sites excluding steroid dienone is 2. The van der Waals surface area contributed by atoms with E-state index in [9.17, 15) is 8.78 Å². The Hall–Kier alpha value is -1.82. The number of aryl methyl sites for hydroxylation is 1. The van der Waals surface area contributed by atoms with Crippen molar-refractivity contribution in [3.05, 3.63) is 35.2 Å². The molecule has 140 valence electrons. The maximum atomic E-state index is 13.5. The van der Waals surface area contributed by atoms with Crippen LogP contribution in [0.4, 0.5) is 8.78 Å². The molecule has 0 radical (unpaired) electrons. The summed E-state index contributed by atoms with van der Waals surface area (Å²) in [7, 11) is 0. The Balaban J connectivity index is 1.46. The van der Waals surface area contributed by atoms with E-state index in [1.807, 2.05) is 0 Å². The van der Waals surface area contributed by atoms with Crippen LogP contribution in [0.15, 0.2) is 22.7 Å². The molecule has 1 fully saturated rings. The van der Waals surface area contributed by atoms with Gasteiger partial charge < -0.3 is 9.42 Å². The van der Waals surface area contributed by atoms with Gasteiger partial charge in [0.1, 0.15) is 0 Å². The summed E-state index contributed by atoms with van der Waals surface area (Å²) in [4.78, 5) is 7.03. The van der Waals surface area contributed by atoms with E-state index in [-0.39, 0.29) is 17.2 Å². The summed E-state index contributed by atoms with van der Waals surface area (Å²) in [6.45, 7) is 4.83. The predicted octanol–water partition coefficient (Wildman–Crippen LogP) is 5.00. The zero-order chi connectivity index (χ0) is 18.1. The molecule has 2 aromatic heterocycles. The monoisotopic (exact) mass is 361 g/mol. The van der Waals surface area contributed by atoms with E-state index in [4.69, 9.17) is 4.52 Å². The average molecular weight is 361 g/mol. The number of halogens is 2. The molecule has 0 N–H and O–H groups in total. The van der Waals surface area contributed by atoms with E-state index < -0.39 is 6.43 Å². The lowest BCUT2D eigenvalue weighted by Gasteiger charge is -2.34. The fourth-order valence-electron chi connectivity index (χ4n) is 4.33. The van der Waals surface area contributed by atoms with Gasteiger partial charge in [-0.2, -0.15) is 0 Å². The highest BCUT2D eigenvalue weighted by atomic mass is 19.3. The van der Waals surface area contributed by atoms with Gasteiger partial charge >= 0.3 is 0 Å². The van der Waals surface area contributed by atoms with Crippen LogP contribution in [0.1, 0.15) is 61.4 Å². The molecule has 1 atom stereocenters. The molecule has 26 heavy (non-hydrogen) atoms. The highest BCUT2D eigenvalue weighted by Gasteiger charge is 2.27. The number of aromatic nitrogens is 2. The van der Waals surface area contributed by atoms with E-state index in [1.54, 1.807) is 13.0 Å². The maximum absolute atomic E-state index is 13.5. The van der Waals surface area contributed by atoms with Crippen LogP contribution in [0.25, 0.3) is 11.1 Å². The topological polar surface area (TPSA) is 42.2 Å². The van der Waals surface area contributed by atoms with Crippen molar-refractivity contribution in [2.75, 3.05) is 19.6 Å². The number of hydrogen-bond acceptors (Lipinski definition) is 4. The fraction of sp³-hybridized carbons (Fsp3) is 0.600. The van der Waals surface area contributed by atoms with Gasteiger partial charge in [0.2, 0.25) is 0 Å². The van der Waals surface area contributed by atoms with Gasteiger partial charge in [0, 0.05) is 23.7 Å². The largest absolute Gasteiger partial charge is 0.336 e. The van der Waals surface area contributed by atoms with E-state index in [0.29, 0.717) is 11.1 Å². The Morgan fingerprint density at radius 2 is 2.04 bits per heavy atom. The fourth-order valence-corrected chi connectivity index (χ4v) is 4.33. The lowest BCUT2D eigenvalue weighted by Crippen LogP contribution is -2.37. The second-order valence-electron chi connectivity index (χ2n) is 7.61. The van der Waals surface area contributed by atoms with Gasteiger partial charge in [0.05, 0.1) is 11.1 Å². The normalized spacial score (nSPS) is 22.5. The molecule has 0 spiro atoms. The molecule has 0 bridgehead atoms. The first-order valence-corrected chi connectivity index (χ1v) is 9.54. The first-order valence-electron chi connectivity index (χ1n) is 9.54. The van der Waals surface area contributed by atoms with Crippen molar-refractivity contribution < 1.29 is 13.3 Å². The zero-order valence-electron chi connectivity index (χ0n) is 15.1. The third kappa shape index (κ3) is 3.52. The summed E-state index contributed by atoms with van der Waals surface area (Å²) in [5.41, 5.74) is 1.45. The summed E-state index contributed by atoms with van der Waals surface area (Å²) in [6.07, 6.45) is 7.59. The van der Waals surface area contributed by atoms with Crippen LogP contribution in [0, 0.1) is 12.8 Å². The number of fused-ring (bicyclic) bond motifs is 1. The van der Waals surface area contributed by atoms with Gasteiger partial charge in [-0.3, -0.25) is 0 Å². The molecule has 2 aliphatic rings. The van der Waals surface area contributed by atoms with E-state index in [0.717, 1.165) is 44.1 Å². The molecule has 1 aliphatic carbocycles. The Morgan fingerprint density at radius 1 is 1.23 bits per heavy atom. The first-order chi connectivity index (χ1) is 12.6. The second kappa shape index (κ2) is 7.43. The summed E-state index contributed by atoms with van der Waals surface area (Å²) in [6, 6.07) is 1.57. The Labute approximate surface area is 152 Å². The van der Waals surface area contributed by atoms with Crippen molar-refractivity contribution in [2.24, 2.45) is 5.92 Å². The minimum atomic E-state index is -2.54. The molecule has 1 aliphatic heterocycles. The van der Waals surface area contributed by atoms with Gasteiger partial charge in [-0.1, -0.05) is 17.3 Å². The molecule has 1 unspecified atom stereocenters. The van der Waals surface area contributed by atoms with Gasteiger partial charge in [-0.15, -0.1) is 0 Å². The third-order valence-electron chi connectivity index (χ3n) is 5.80. The molecule has 0 amide bonds. The molecule has 0 aromatic carbocycles. The van der Waals surface area contributed by atoms with Crippen molar-refractivity contribution >= 4 is 11.1 Å². The van der Waals surface area contributed by atoms with Crippen LogP contribution in [0.3, 0.4) is 0 Å². The lowest BCUT2D eigenvalue weighted by molar-refractivity contribution is 0.152. The van der Waals surface area contributed by atoms with Crippen LogP contribution >= 0.6 is 0 Å². The van der Waals surface area contributed by atoms with Gasteiger partial charge in [0.25, 0.3) is 12.1 Å². The van der Waals surface area contributed by atoms with Crippen molar-refractivity contribution in [2.45, 2.75) is 51.4 Å². The van der Waals surface area contributed by atoms with Gasteiger partial charge in [0.15, 0.2) is 0 Å². The van der Waals surface area contributed by atoms with E-state index in [2.05, 4.69) is 27.2 Å². The Morgan fingerprint density at radius 3 is 2.73 bits per heavy atom. The molecular formula is C20H25F2N3O. The molecular weight excluding hydrogens is 336 g/mol. The Bertz CT molecular complexity index is 794. The number of hydrogen-bond donors (Lipinski definition) is 0. The zero-order valence-corrected chi connectivity index (χ0v) is 15.1. The Kier molecular flexibility index (Phi) is 5.02. The molecule has 1 saturated heterocycles. The molecule has 0 saturated carbocycles. The van der Waals surface area contributed by atoms with Crippen molar-refractivity contribution in [1.29, 1.82) is 0 Å². The number of piperidine rings is 1.